The van der Waals surface area contributed by atoms with Crippen LogP contribution < -0.4 is 14.8 Å². The maximum Gasteiger partial charge on any atom is 0.122 e. The summed E-state index contributed by atoms with van der Waals surface area (Å²) >= 11 is 0. The normalized spacial score (nSPS) is 15.7. The Morgan fingerprint density at radius 2 is 1.62 bits per heavy atom. The lowest BCUT2D eigenvalue weighted by Crippen LogP contribution is -2.24. The molecular formula is C31H41N3O3. The van der Waals surface area contributed by atoms with E-state index in [1.54, 1.807) is 0 Å². The van der Waals surface area contributed by atoms with Crippen molar-refractivity contribution in [2.45, 2.75) is 45.6 Å². The number of aliphatic hydroxyl groups excluding tert-OH is 1. The van der Waals surface area contributed by atoms with Gasteiger partial charge in [-0.1, -0.05) is 30.3 Å². The maximum absolute atomic E-state index is 9.69. The lowest BCUT2D eigenvalue weighted by molar-refractivity contribution is 0.173. The predicted octanol–water partition coefficient (Wildman–Crippen LogP) is 4.80. The smallest absolute Gasteiger partial charge is 0.122 e. The molecule has 1 saturated heterocycles. The van der Waals surface area contributed by atoms with Crippen LogP contribution in [0.15, 0.2) is 60.9 Å². The van der Waals surface area contributed by atoms with Crippen LogP contribution in [-0.4, -0.2) is 67.0 Å². The van der Waals surface area contributed by atoms with E-state index in [0.717, 1.165) is 81.0 Å². The Kier molecular flexibility index (Phi) is 10.4. The molecule has 0 bridgehead atoms. The highest BCUT2D eigenvalue weighted by Gasteiger charge is 2.19. The molecule has 6 nitrogen and oxygen atoms in total. The first-order valence-corrected chi connectivity index (χ1v) is 13.6. The molecule has 1 atom stereocenters. The van der Waals surface area contributed by atoms with E-state index in [2.05, 4.69) is 71.5 Å². The molecule has 1 unspecified atom stereocenters. The molecule has 1 aromatic heterocycles. The molecule has 0 aliphatic carbocycles. The molecule has 2 heterocycles. The second-order valence-electron chi connectivity index (χ2n) is 9.87. The van der Waals surface area contributed by atoms with Crippen molar-refractivity contribution in [2.75, 3.05) is 45.9 Å². The Labute approximate surface area is 221 Å². The van der Waals surface area contributed by atoms with Crippen molar-refractivity contribution in [3.8, 4) is 22.6 Å². The number of aliphatic hydroxyl groups is 1. The molecule has 0 amide bonds. The maximum atomic E-state index is 9.69. The largest absolute Gasteiger partial charge is 0.493 e. The minimum absolute atomic E-state index is 0.164. The number of nitrogens with zero attached hydrogens (tertiary/aromatic N) is 2. The van der Waals surface area contributed by atoms with Crippen LogP contribution in [0.1, 0.15) is 36.0 Å². The van der Waals surface area contributed by atoms with Gasteiger partial charge in [0.15, 0.2) is 0 Å². The fraction of sp³-hybridized carbons (Fsp3) is 0.452. The second-order valence-corrected chi connectivity index (χ2v) is 9.87. The number of nitrogens with one attached hydrogen (secondary N) is 1. The van der Waals surface area contributed by atoms with Gasteiger partial charge in [0.1, 0.15) is 11.5 Å². The summed E-state index contributed by atoms with van der Waals surface area (Å²) in [6.45, 7) is 10.2. The number of pyridine rings is 1. The number of ether oxygens (including phenoxy) is 2. The second kappa shape index (κ2) is 14.1. The summed E-state index contributed by atoms with van der Waals surface area (Å²) in [4.78, 5) is 6.47. The monoisotopic (exact) mass is 503 g/mol. The first-order chi connectivity index (χ1) is 18.1. The van der Waals surface area contributed by atoms with Crippen molar-refractivity contribution in [3.05, 3.63) is 77.6 Å². The highest BCUT2D eigenvalue weighted by molar-refractivity contribution is 5.74. The van der Waals surface area contributed by atoms with E-state index in [1.807, 2.05) is 18.5 Å². The van der Waals surface area contributed by atoms with Crippen LogP contribution in [0.25, 0.3) is 11.1 Å². The van der Waals surface area contributed by atoms with Crippen LogP contribution >= 0.6 is 0 Å². The van der Waals surface area contributed by atoms with Crippen LogP contribution in [0.3, 0.4) is 0 Å². The summed E-state index contributed by atoms with van der Waals surface area (Å²) < 4.78 is 12.3. The van der Waals surface area contributed by atoms with Crippen molar-refractivity contribution in [2.24, 2.45) is 0 Å². The first-order valence-electron chi connectivity index (χ1n) is 13.6. The molecule has 1 aliphatic rings. The summed E-state index contributed by atoms with van der Waals surface area (Å²) in [5, 5.41) is 13.2. The van der Waals surface area contributed by atoms with E-state index in [1.165, 1.54) is 16.7 Å². The standard InChI is InChI=1S/C31H41N3O3/c1-24-28(9-3-11-30(24)36-20-6-16-32-17-13-26-8-5-15-33-22-26)29-10-4-12-31(25(29)2)37-21-7-18-34-19-14-27(35)23-34/h3-5,8-12,15,22,27,32,35H,6-7,13-14,16-21,23H2,1-2H3. The molecule has 6 heteroatoms. The average Bonchev–Trinajstić information content (AvgIpc) is 3.33. The zero-order valence-electron chi connectivity index (χ0n) is 22.3. The highest BCUT2D eigenvalue weighted by atomic mass is 16.5. The highest BCUT2D eigenvalue weighted by Crippen LogP contribution is 2.35. The quantitative estimate of drug-likeness (QED) is 0.308. The minimum atomic E-state index is -0.164. The van der Waals surface area contributed by atoms with E-state index in [-0.39, 0.29) is 6.10 Å². The minimum Gasteiger partial charge on any atom is -0.493 e. The van der Waals surface area contributed by atoms with Crippen molar-refractivity contribution in [3.63, 3.8) is 0 Å². The number of rotatable bonds is 14. The van der Waals surface area contributed by atoms with Crippen LogP contribution in [0.4, 0.5) is 0 Å². The Bertz CT molecular complexity index is 1110. The topological polar surface area (TPSA) is 66.8 Å². The summed E-state index contributed by atoms with van der Waals surface area (Å²) in [5.74, 6) is 1.87. The third-order valence-electron chi connectivity index (χ3n) is 7.05. The summed E-state index contributed by atoms with van der Waals surface area (Å²) in [7, 11) is 0. The van der Waals surface area contributed by atoms with Gasteiger partial charge in [0.25, 0.3) is 0 Å². The summed E-state index contributed by atoms with van der Waals surface area (Å²) in [6, 6.07) is 16.7. The zero-order valence-corrected chi connectivity index (χ0v) is 22.3. The van der Waals surface area contributed by atoms with Gasteiger partial charge in [-0.15, -0.1) is 0 Å². The van der Waals surface area contributed by atoms with Gasteiger partial charge in [0.05, 0.1) is 19.3 Å². The van der Waals surface area contributed by atoms with Crippen LogP contribution in [-0.2, 0) is 6.42 Å². The average molecular weight is 504 g/mol. The number of hydrogen-bond donors (Lipinski definition) is 2. The van der Waals surface area contributed by atoms with E-state index < -0.39 is 0 Å². The molecule has 198 valence electrons. The molecule has 2 N–H and O–H groups in total. The molecule has 0 saturated carbocycles. The predicted molar refractivity (Wildman–Crippen MR) is 149 cm³/mol. The van der Waals surface area contributed by atoms with Gasteiger partial charge in [0.2, 0.25) is 0 Å². The number of likely N-dealkylation sites (tertiary alicyclic amines) is 1. The lowest BCUT2D eigenvalue weighted by Gasteiger charge is -2.18. The van der Waals surface area contributed by atoms with E-state index in [4.69, 9.17) is 9.47 Å². The number of benzene rings is 2. The SMILES string of the molecule is Cc1c(OCCCNCCc2cccnc2)cccc1-c1cccc(OCCCN2CCC(O)C2)c1C. The van der Waals surface area contributed by atoms with E-state index in [0.29, 0.717) is 13.2 Å². The van der Waals surface area contributed by atoms with E-state index in [9.17, 15) is 5.11 Å². The number of aromatic nitrogens is 1. The number of hydrogen-bond acceptors (Lipinski definition) is 6. The summed E-state index contributed by atoms with van der Waals surface area (Å²) in [6.07, 6.45) is 7.34. The first kappa shape index (κ1) is 27.1. The van der Waals surface area contributed by atoms with Crippen LogP contribution in [0, 0.1) is 13.8 Å². The van der Waals surface area contributed by atoms with Crippen molar-refractivity contribution in [1.82, 2.24) is 15.2 Å². The van der Waals surface area contributed by atoms with Gasteiger partial charge >= 0.3 is 0 Å². The Morgan fingerprint density at radius 1 is 0.919 bits per heavy atom. The Hall–Kier alpha value is -2.93. The van der Waals surface area contributed by atoms with Crippen LogP contribution in [0.5, 0.6) is 11.5 Å². The van der Waals surface area contributed by atoms with Crippen molar-refractivity contribution < 1.29 is 14.6 Å². The third kappa shape index (κ3) is 8.03. The van der Waals surface area contributed by atoms with Gasteiger partial charge in [-0.05, 0) is 98.6 Å². The van der Waals surface area contributed by atoms with Gasteiger partial charge < -0.3 is 24.8 Å². The van der Waals surface area contributed by atoms with Gasteiger partial charge in [-0.25, -0.2) is 0 Å². The van der Waals surface area contributed by atoms with E-state index >= 15 is 0 Å². The van der Waals surface area contributed by atoms with Gasteiger partial charge in [0, 0.05) is 32.0 Å². The zero-order chi connectivity index (χ0) is 25.9. The molecule has 2 aromatic carbocycles. The van der Waals surface area contributed by atoms with Crippen LogP contribution in [0.2, 0.25) is 0 Å². The Morgan fingerprint density at radius 3 is 2.24 bits per heavy atom. The molecule has 37 heavy (non-hydrogen) atoms. The molecule has 0 radical (unpaired) electrons. The fourth-order valence-corrected chi connectivity index (χ4v) is 4.89. The fourth-order valence-electron chi connectivity index (χ4n) is 4.89. The molecule has 1 aliphatic heterocycles. The Balaban J connectivity index is 1.24. The summed E-state index contributed by atoms with van der Waals surface area (Å²) in [5.41, 5.74) is 5.92. The van der Waals surface area contributed by atoms with Crippen molar-refractivity contribution >= 4 is 0 Å². The molecule has 0 spiro atoms. The van der Waals surface area contributed by atoms with Gasteiger partial charge in [-0.3, -0.25) is 4.98 Å². The molecule has 3 aromatic rings. The third-order valence-corrected chi connectivity index (χ3v) is 7.05. The van der Waals surface area contributed by atoms with Crippen molar-refractivity contribution in [1.29, 1.82) is 0 Å². The molecular weight excluding hydrogens is 462 g/mol. The molecule has 4 rings (SSSR count). The molecule has 1 fully saturated rings. The number of β-amino-alcohol motifs (C(OH)–C–C–N with tert-alkyl or cyclic N) is 1. The van der Waals surface area contributed by atoms with Gasteiger partial charge in [-0.2, -0.15) is 0 Å². The lowest BCUT2D eigenvalue weighted by atomic mass is 9.95.